The molecule has 2 aromatic rings. The second kappa shape index (κ2) is 41.4. The van der Waals surface area contributed by atoms with E-state index < -0.39 is 243 Å². The van der Waals surface area contributed by atoms with Gasteiger partial charge in [0.05, 0.1) is 100 Å². The second-order valence-electron chi connectivity index (χ2n) is 30.1. The zero-order valence-electron chi connectivity index (χ0n) is 62.8. The summed E-state index contributed by atoms with van der Waals surface area (Å²) in [5.41, 5.74) is 66.5. The summed E-state index contributed by atoms with van der Waals surface area (Å²) >= 11 is 4.86. The molecule has 115 heavy (non-hydrogen) atoms. The van der Waals surface area contributed by atoms with E-state index in [-0.39, 0.29) is 134 Å². The van der Waals surface area contributed by atoms with E-state index in [4.69, 9.17) is 120 Å². The van der Waals surface area contributed by atoms with Gasteiger partial charge in [-0.25, -0.2) is 0 Å². The van der Waals surface area contributed by atoms with Crippen molar-refractivity contribution in [1.82, 2.24) is 9.80 Å². The summed E-state index contributed by atoms with van der Waals surface area (Å²) in [6.45, 7) is -0.496. The Labute approximate surface area is 678 Å². The molecule has 5 saturated heterocycles. The van der Waals surface area contributed by atoms with E-state index in [1.807, 2.05) is 0 Å². The van der Waals surface area contributed by atoms with Gasteiger partial charge in [0, 0.05) is 117 Å². The monoisotopic (exact) mass is 1720 g/mol. The molecule has 36 atom stereocenters. The van der Waals surface area contributed by atoms with Gasteiger partial charge >= 0.3 is 0 Å². The summed E-state index contributed by atoms with van der Waals surface area (Å²) in [5, 5.41) is 143. The largest absolute Gasteiger partial charge is 0.390 e. The number of ether oxygens (including phenoxy) is 12. The van der Waals surface area contributed by atoms with Gasteiger partial charge in [-0.15, -0.1) is 11.8 Å². The van der Waals surface area contributed by atoms with Crippen molar-refractivity contribution in [2.75, 3.05) is 99.4 Å². The summed E-state index contributed by atoms with van der Waals surface area (Å²) < 4.78 is 71.9. The number of imide groups is 2. The number of carbonyl (C=O) groups excluding carboxylic acids is 4. The van der Waals surface area contributed by atoms with Crippen molar-refractivity contribution in [3.63, 3.8) is 0 Å². The number of rotatable bonds is 37. The SMILES string of the molecule is NC[C@@H]1O[C@H](O[C@H]2[C@@H](O)[C@H](O[C@@H]3[C@@H](O)[C@H](N)C[C@H](N)[C@H]3O[C@H]3O[C@H](CN)[C@@H](O)[C@H](O)[C@H]3N)O[C@@H]2CSCCOCCSCC(O)CN2C(=O)c3ccc4c5c(ccc(c35)C2=O)C(=O)N(CC(O)CSCCOCCSC(O)[C@H]2O[C@H](O[C@@H]3[C@@H](O)[C@H](O[C@H]5O[C@H](CN)[C@@H](O)C[C@H]5N)[C@@H](N)C[C@H]3N)[C@H](O)[C@@H](N)[C@@H]2O)C4=O)[C@H](N)[C@@H](O)[C@@H]1O. The van der Waals surface area contributed by atoms with Crippen LogP contribution in [-0.2, 0) is 56.8 Å². The van der Waals surface area contributed by atoms with E-state index in [9.17, 15) is 85.6 Å². The Bertz CT molecular complexity index is 3480. The van der Waals surface area contributed by atoms with Crippen LogP contribution < -0.4 is 63.1 Å². The van der Waals surface area contributed by atoms with Crippen LogP contribution in [0.25, 0.3) is 10.8 Å². The zero-order valence-corrected chi connectivity index (χ0v) is 66.0. The number of hydrogen-bond acceptors (Lipinski definition) is 44. The molecule has 35 N–H and O–H groups in total. The number of benzene rings is 2. The summed E-state index contributed by atoms with van der Waals surface area (Å²) in [5.74, 6) is -1.38. The highest BCUT2D eigenvalue weighted by atomic mass is 32.2. The molecule has 46 heteroatoms. The molecule has 7 aliphatic heterocycles. The molecule has 2 aromatic carbocycles. The minimum absolute atomic E-state index is 0.0228. The molecule has 2 aliphatic carbocycles. The Morgan fingerprint density at radius 1 is 0.391 bits per heavy atom. The summed E-state index contributed by atoms with van der Waals surface area (Å²) in [7, 11) is 0. The fraction of sp³-hybridized carbons (Fsp3) is 0.797. The lowest BCUT2D eigenvalue weighted by Crippen LogP contribution is -2.68. The normalized spacial score (nSPS) is 40.7. The van der Waals surface area contributed by atoms with E-state index in [0.29, 0.717) is 17.3 Å². The number of aliphatic hydroxyl groups is 13. The van der Waals surface area contributed by atoms with Crippen molar-refractivity contribution in [2.45, 2.75) is 239 Å². The Morgan fingerprint density at radius 3 is 1.30 bits per heavy atom. The highest BCUT2D eigenvalue weighted by Gasteiger charge is 2.57. The van der Waals surface area contributed by atoms with Crippen LogP contribution in [0.3, 0.4) is 0 Å². The van der Waals surface area contributed by atoms with Crippen LogP contribution in [0.15, 0.2) is 24.3 Å². The number of hydrogen-bond donors (Lipinski definition) is 24. The summed E-state index contributed by atoms with van der Waals surface area (Å²) in [4.78, 5) is 58.1. The lowest BCUT2D eigenvalue weighted by molar-refractivity contribution is -0.316. The molecule has 42 nitrogen and oxygen atoms in total. The Morgan fingerprint density at radius 2 is 0.800 bits per heavy atom. The van der Waals surface area contributed by atoms with Crippen molar-refractivity contribution in [2.24, 2.45) is 63.1 Å². The molecule has 7 fully saturated rings. The van der Waals surface area contributed by atoms with Crippen LogP contribution in [0.4, 0.5) is 0 Å². The predicted octanol–water partition coefficient (Wildman–Crippen LogP) is -12.1. The molecule has 0 radical (unpaired) electrons. The van der Waals surface area contributed by atoms with Crippen LogP contribution >= 0.6 is 47.0 Å². The van der Waals surface area contributed by atoms with Gasteiger partial charge < -0.3 is 186 Å². The van der Waals surface area contributed by atoms with Gasteiger partial charge in [-0.1, -0.05) is 0 Å². The Hall–Kier alpha value is -3.06. The molecule has 0 spiro atoms. The molecule has 4 amide bonds. The fourth-order valence-corrected chi connectivity index (χ4v) is 18.9. The standard InChI is InChI=1S/C69H113N13O29S4/c70-16-36-35(85)15-34(77)65(102-36)106-54-31(74)14-32(75)55(52(54)93)107-68-51(92)42(78)50(91)59(111-68)64(99)115-12-8-101-6-10-113-22-25(84)20-82-62(97)28-3-1-26-40-27(2-4-29(41(28)40)63(82)98)61(96)81(60(26)95)19-24(83)21-112-9-5-100-7-11-114-23-39-57(109-67-44(80)49(90)47(88)38(18-72)104-67)53(94)69(105-39)110-58-45(86)30(73)13-33(76)56(58)108-66-43(79)48(89)46(87)37(17-71)103-66/h1-4,24-25,30-39,42-59,64-69,83-94,99H,5-23,70-80H2/t24?,25?,30-,31+,32-,33+,34-,35+,36-,37-,38+,39-,42+,43-,44-,45+,46-,47-,48-,49-,50+,51-,52+,53-,54-,55+,56-,57-,58-,59+,64?,65-,66-,67-,68+,69+/m1/s1. The molecule has 2 saturated carbocycles. The first kappa shape index (κ1) is 92.7. The quantitative estimate of drug-likeness (QED) is 0.0170. The Kier molecular flexibility index (Phi) is 33.4. The van der Waals surface area contributed by atoms with Crippen LogP contribution in [0.2, 0.25) is 0 Å². The third-order valence-electron chi connectivity index (χ3n) is 22.0. The number of nitrogens with zero attached hydrogens (tertiary/aromatic N) is 2. The van der Waals surface area contributed by atoms with Crippen molar-refractivity contribution in [1.29, 1.82) is 0 Å². The molecule has 0 bridgehead atoms. The van der Waals surface area contributed by atoms with E-state index in [1.54, 1.807) is 0 Å². The highest BCUT2D eigenvalue weighted by molar-refractivity contribution is 8.00. The fourth-order valence-electron chi connectivity index (χ4n) is 15.5. The topological polar surface area (TPSA) is 735 Å². The number of amides is 4. The van der Waals surface area contributed by atoms with Crippen LogP contribution in [0.5, 0.6) is 0 Å². The molecule has 7 heterocycles. The van der Waals surface area contributed by atoms with E-state index >= 15 is 0 Å². The third-order valence-corrected chi connectivity index (χ3v) is 26.2. The maximum absolute atomic E-state index is 14.1. The number of nitrogens with two attached hydrogens (primary N) is 11. The second-order valence-corrected chi connectivity index (χ2v) is 34.8. The van der Waals surface area contributed by atoms with Gasteiger partial charge in [-0.2, -0.15) is 35.3 Å². The molecule has 11 rings (SSSR count). The number of carbonyl (C=O) groups is 4. The van der Waals surface area contributed by atoms with Gasteiger partial charge in [0.1, 0.15) is 103 Å². The molecular weight excluding hydrogens is 1600 g/mol. The lowest BCUT2D eigenvalue weighted by atomic mass is 9.84. The maximum atomic E-state index is 14.1. The van der Waals surface area contributed by atoms with E-state index in [2.05, 4.69) is 0 Å². The molecule has 652 valence electrons. The van der Waals surface area contributed by atoms with Crippen molar-refractivity contribution in [3.05, 3.63) is 46.5 Å². The lowest BCUT2D eigenvalue weighted by Gasteiger charge is -2.48. The van der Waals surface area contributed by atoms with Crippen LogP contribution in [0.1, 0.15) is 60.7 Å². The molecule has 0 aromatic heterocycles. The van der Waals surface area contributed by atoms with Crippen LogP contribution in [-0.4, -0.2) is 419 Å². The number of aliphatic hydroxyl groups excluding tert-OH is 13. The number of thioether (sulfide) groups is 4. The molecule has 3 unspecified atom stereocenters. The first-order valence-corrected chi connectivity index (χ1v) is 42.7. The van der Waals surface area contributed by atoms with Gasteiger partial charge in [0.2, 0.25) is 0 Å². The van der Waals surface area contributed by atoms with Crippen molar-refractivity contribution in [3.8, 4) is 0 Å². The Balaban J connectivity index is 0.590. The van der Waals surface area contributed by atoms with Crippen LogP contribution in [0, 0.1) is 0 Å². The predicted molar refractivity (Wildman–Crippen MR) is 411 cm³/mol. The van der Waals surface area contributed by atoms with Gasteiger partial charge in [-0.3, -0.25) is 29.0 Å². The minimum atomic E-state index is -1.64. The first-order chi connectivity index (χ1) is 54.8. The third kappa shape index (κ3) is 20.7. The average molecular weight is 1720 g/mol. The number of β-amino-alcohol motifs (C(OH)–C–C–N with tert-alkyl or cyclic N) is 2. The molecule has 9 aliphatic rings. The van der Waals surface area contributed by atoms with Gasteiger partial charge in [0.15, 0.2) is 31.5 Å². The minimum Gasteiger partial charge on any atom is -0.390 e. The van der Waals surface area contributed by atoms with E-state index in [0.717, 1.165) is 21.6 Å². The average Bonchev–Trinajstić information content (AvgIpc) is 0.987. The van der Waals surface area contributed by atoms with Crippen molar-refractivity contribution >= 4 is 81.4 Å². The summed E-state index contributed by atoms with van der Waals surface area (Å²) in [6.07, 6.45) is -35.6. The zero-order chi connectivity index (χ0) is 83.3. The van der Waals surface area contributed by atoms with Gasteiger partial charge in [-0.05, 0) is 43.5 Å². The van der Waals surface area contributed by atoms with Gasteiger partial charge in [0.25, 0.3) is 23.6 Å². The first-order valence-electron chi connectivity index (χ1n) is 38.2. The summed E-state index contributed by atoms with van der Waals surface area (Å²) in [6, 6.07) is -2.81. The smallest absolute Gasteiger partial charge is 0.261 e. The maximum Gasteiger partial charge on any atom is 0.261 e. The van der Waals surface area contributed by atoms with E-state index in [1.165, 1.54) is 59.6 Å². The highest BCUT2D eigenvalue weighted by Crippen LogP contribution is 2.41. The van der Waals surface area contributed by atoms with Crippen molar-refractivity contribution < 1.29 is 142 Å². The molecular formula is C69H113N13O29S4.